The zero-order valence-corrected chi connectivity index (χ0v) is 18.1. The quantitative estimate of drug-likeness (QED) is 0.410. The fourth-order valence-corrected chi connectivity index (χ4v) is 3.12. The number of nitriles is 1. The number of esters is 1. The van der Waals surface area contributed by atoms with Crippen molar-refractivity contribution in [2.45, 2.75) is 0 Å². The van der Waals surface area contributed by atoms with Crippen LogP contribution in [0.3, 0.4) is 0 Å². The first kappa shape index (κ1) is 21.2. The summed E-state index contributed by atoms with van der Waals surface area (Å²) in [5.41, 5.74) is 2.48. The molecule has 0 radical (unpaired) electrons. The lowest BCUT2D eigenvalue weighted by Crippen LogP contribution is -2.13. The molecule has 8 nitrogen and oxygen atoms in total. The third kappa shape index (κ3) is 4.55. The van der Waals surface area contributed by atoms with E-state index in [9.17, 15) is 10.1 Å². The highest BCUT2D eigenvalue weighted by molar-refractivity contribution is 9.10. The summed E-state index contributed by atoms with van der Waals surface area (Å²) in [4.78, 5) is 18.9. The Balaban J connectivity index is 1.97. The predicted molar refractivity (Wildman–Crippen MR) is 114 cm³/mol. The van der Waals surface area contributed by atoms with E-state index >= 15 is 0 Å². The first-order valence-corrected chi connectivity index (χ1v) is 9.51. The maximum absolute atomic E-state index is 11.3. The molecule has 2 aromatic carbocycles. The van der Waals surface area contributed by atoms with Crippen molar-refractivity contribution in [1.82, 2.24) is 9.97 Å². The number of ether oxygens (including phenoxy) is 4. The third-order valence-corrected chi connectivity index (χ3v) is 4.91. The van der Waals surface area contributed by atoms with Crippen LogP contribution in [0.25, 0.3) is 22.7 Å². The average molecular weight is 472 g/mol. The van der Waals surface area contributed by atoms with Crippen LogP contribution >= 0.6 is 15.9 Å². The van der Waals surface area contributed by atoms with Crippen LogP contribution in [0.4, 0.5) is 0 Å². The van der Waals surface area contributed by atoms with Crippen LogP contribution in [0.1, 0.15) is 11.4 Å². The number of carbonyl (C=O) groups is 1. The van der Waals surface area contributed by atoms with E-state index in [1.807, 2.05) is 12.1 Å². The molecule has 0 saturated carbocycles. The van der Waals surface area contributed by atoms with E-state index in [0.717, 1.165) is 11.0 Å². The number of imidazole rings is 1. The van der Waals surface area contributed by atoms with Crippen LogP contribution in [0, 0.1) is 11.3 Å². The number of fused-ring (bicyclic) bond motifs is 1. The topological polar surface area (TPSA) is 106 Å². The van der Waals surface area contributed by atoms with Crippen molar-refractivity contribution in [1.29, 1.82) is 5.26 Å². The lowest BCUT2D eigenvalue weighted by molar-refractivity contribution is -0.142. The summed E-state index contributed by atoms with van der Waals surface area (Å²) in [6, 6.07) is 10.9. The number of halogens is 1. The fraction of sp³-hybridized carbons (Fsp3) is 0.190. The number of allylic oxidation sites excluding steroid dienone is 1. The van der Waals surface area contributed by atoms with Gasteiger partial charge in [0.2, 0.25) is 0 Å². The molecule has 3 aromatic rings. The van der Waals surface area contributed by atoms with Crippen molar-refractivity contribution in [3.8, 4) is 23.3 Å². The first-order chi connectivity index (χ1) is 14.5. The summed E-state index contributed by atoms with van der Waals surface area (Å²) in [5.74, 6) is 1.37. The summed E-state index contributed by atoms with van der Waals surface area (Å²) in [5, 5.41) is 9.69. The molecule has 0 unspecified atom stereocenters. The molecule has 3 rings (SSSR count). The Hall–Kier alpha value is -3.51. The van der Waals surface area contributed by atoms with Gasteiger partial charge in [0.15, 0.2) is 18.1 Å². The van der Waals surface area contributed by atoms with E-state index in [-0.39, 0.29) is 6.61 Å². The van der Waals surface area contributed by atoms with Crippen molar-refractivity contribution in [3.05, 3.63) is 46.2 Å². The Morgan fingerprint density at radius 3 is 2.67 bits per heavy atom. The van der Waals surface area contributed by atoms with E-state index in [0.29, 0.717) is 38.7 Å². The van der Waals surface area contributed by atoms with Crippen LogP contribution in [-0.2, 0) is 9.53 Å². The second kappa shape index (κ2) is 9.33. The van der Waals surface area contributed by atoms with Crippen LogP contribution in [0.15, 0.2) is 34.8 Å². The molecule has 1 aromatic heterocycles. The minimum Gasteiger partial charge on any atom is -0.497 e. The monoisotopic (exact) mass is 471 g/mol. The van der Waals surface area contributed by atoms with Crippen LogP contribution in [-0.4, -0.2) is 43.9 Å². The van der Waals surface area contributed by atoms with E-state index < -0.39 is 5.97 Å². The number of carbonyl (C=O) groups excluding carboxylic acids is 1. The molecule has 0 bridgehead atoms. The molecule has 0 fully saturated rings. The third-order valence-electron chi connectivity index (χ3n) is 4.22. The van der Waals surface area contributed by atoms with Crippen molar-refractivity contribution in [2.24, 2.45) is 0 Å². The number of aromatic amines is 1. The molecule has 0 spiro atoms. The molecule has 0 atom stereocenters. The van der Waals surface area contributed by atoms with Crippen molar-refractivity contribution in [2.75, 3.05) is 27.9 Å². The Labute approximate surface area is 181 Å². The second-order valence-corrected chi connectivity index (χ2v) is 6.88. The molecular weight excluding hydrogens is 454 g/mol. The number of nitrogens with zero attached hydrogens (tertiary/aromatic N) is 2. The van der Waals surface area contributed by atoms with Gasteiger partial charge in [0.25, 0.3) is 0 Å². The van der Waals surface area contributed by atoms with Gasteiger partial charge in [-0.25, -0.2) is 9.78 Å². The second-order valence-electron chi connectivity index (χ2n) is 6.03. The molecule has 0 aliphatic heterocycles. The van der Waals surface area contributed by atoms with Crippen LogP contribution in [0.5, 0.6) is 17.2 Å². The lowest BCUT2D eigenvalue weighted by atomic mass is 10.1. The fourth-order valence-electron chi connectivity index (χ4n) is 2.68. The Bertz CT molecular complexity index is 1160. The molecule has 0 aliphatic rings. The lowest BCUT2D eigenvalue weighted by Gasteiger charge is -2.12. The maximum Gasteiger partial charge on any atom is 0.343 e. The van der Waals surface area contributed by atoms with Gasteiger partial charge >= 0.3 is 5.97 Å². The van der Waals surface area contributed by atoms with Gasteiger partial charge in [0, 0.05) is 10.5 Å². The molecule has 0 aliphatic carbocycles. The van der Waals surface area contributed by atoms with Gasteiger partial charge in [-0.15, -0.1) is 0 Å². The Morgan fingerprint density at radius 1 is 1.20 bits per heavy atom. The number of rotatable bonds is 7. The number of nitrogens with one attached hydrogen (secondary N) is 1. The zero-order chi connectivity index (χ0) is 21.7. The van der Waals surface area contributed by atoms with Gasteiger partial charge in [-0.3, -0.25) is 0 Å². The average Bonchev–Trinajstić information content (AvgIpc) is 3.19. The highest BCUT2D eigenvalue weighted by Crippen LogP contribution is 2.35. The highest BCUT2D eigenvalue weighted by atomic mass is 79.9. The summed E-state index contributed by atoms with van der Waals surface area (Å²) in [7, 11) is 4.35. The van der Waals surface area contributed by atoms with Crippen molar-refractivity contribution < 1.29 is 23.7 Å². The molecule has 0 amide bonds. The predicted octanol–water partition coefficient (Wildman–Crippen LogP) is 3.96. The minimum atomic E-state index is -0.509. The molecule has 30 heavy (non-hydrogen) atoms. The Morgan fingerprint density at radius 2 is 2.00 bits per heavy atom. The zero-order valence-electron chi connectivity index (χ0n) is 16.5. The van der Waals surface area contributed by atoms with Gasteiger partial charge in [-0.2, -0.15) is 5.26 Å². The minimum absolute atomic E-state index is 0.250. The number of methoxy groups -OCH3 is 3. The van der Waals surface area contributed by atoms with Crippen molar-refractivity contribution >= 4 is 44.6 Å². The number of benzene rings is 2. The molecular formula is C21H18BrN3O5. The van der Waals surface area contributed by atoms with Crippen molar-refractivity contribution in [3.63, 3.8) is 0 Å². The van der Waals surface area contributed by atoms with Gasteiger partial charge in [-0.1, -0.05) is 15.9 Å². The number of hydrogen-bond donors (Lipinski definition) is 1. The van der Waals surface area contributed by atoms with E-state index in [4.69, 9.17) is 14.2 Å². The van der Waals surface area contributed by atoms with Gasteiger partial charge in [-0.05, 0) is 35.9 Å². The highest BCUT2D eigenvalue weighted by Gasteiger charge is 2.14. The SMILES string of the molecule is COC(=O)COc1cc(Br)c(/C=C(/C#N)c2nc3ccc(OC)cc3[nH]2)cc1OC. The molecule has 0 saturated heterocycles. The standard InChI is InChI=1S/C21H18BrN3O5/c1-27-14-4-5-16-17(8-14)25-21(24-16)13(10-23)6-12-7-18(28-2)19(9-15(12)22)30-11-20(26)29-3/h4-9H,11H2,1-3H3,(H,24,25)/b13-6-. The van der Waals surface area contributed by atoms with Gasteiger partial charge < -0.3 is 23.9 Å². The van der Waals surface area contributed by atoms with Gasteiger partial charge in [0.05, 0.1) is 37.9 Å². The Kier molecular flexibility index (Phi) is 6.59. The summed E-state index contributed by atoms with van der Waals surface area (Å²) in [6.07, 6.45) is 1.67. The number of aromatic nitrogens is 2. The summed E-state index contributed by atoms with van der Waals surface area (Å²) < 4.78 is 21.2. The first-order valence-electron chi connectivity index (χ1n) is 8.72. The van der Waals surface area contributed by atoms with E-state index in [1.165, 1.54) is 14.2 Å². The largest absolute Gasteiger partial charge is 0.497 e. The normalized spacial score (nSPS) is 11.1. The number of hydrogen-bond acceptors (Lipinski definition) is 7. The number of H-pyrrole nitrogens is 1. The van der Waals surface area contributed by atoms with Gasteiger partial charge in [0.1, 0.15) is 17.6 Å². The molecule has 1 N–H and O–H groups in total. The van der Waals surface area contributed by atoms with E-state index in [1.54, 1.807) is 31.4 Å². The summed E-state index contributed by atoms with van der Waals surface area (Å²) in [6.45, 7) is -0.250. The molecule has 1 heterocycles. The van der Waals surface area contributed by atoms with E-state index in [2.05, 4.69) is 36.7 Å². The molecule has 154 valence electrons. The smallest absolute Gasteiger partial charge is 0.343 e. The maximum atomic E-state index is 11.3. The molecule has 9 heteroatoms. The van der Waals surface area contributed by atoms with Crippen LogP contribution in [0.2, 0.25) is 0 Å². The van der Waals surface area contributed by atoms with Crippen LogP contribution < -0.4 is 14.2 Å². The summed E-state index contributed by atoms with van der Waals surface area (Å²) >= 11 is 3.47.